The maximum Gasteiger partial charge on any atom is 0.323 e. The Kier molecular flexibility index (Phi) is 7.39. The van der Waals surface area contributed by atoms with E-state index >= 15 is 0 Å². The highest BCUT2D eigenvalue weighted by Gasteiger charge is 2.17. The van der Waals surface area contributed by atoms with E-state index in [2.05, 4.69) is 5.32 Å². The minimum absolute atomic E-state index is 0.145. The van der Waals surface area contributed by atoms with Gasteiger partial charge in [0.05, 0.1) is 6.54 Å². The number of aliphatic carboxylic acids is 1. The lowest BCUT2D eigenvalue weighted by Gasteiger charge is -2.21. The molecular formula is C15H19ClN2O4. The minimum atomic E-state index is -1.11. The molecule has 1 aromatic rings. The van der Waals surface area contributed by atoms with Crippen LogP contribution in [0.25, 0.3) is 0 Å². The van der Waals surface area contributed by atoms with Gasteiger partial charge in [-0.3, -0.25) is 14.4 Å². The second-order valence-electron chi connectivity index (χ2n) is 4.80. The second-order valence-corrected chi connectivity index (χ2v) is 5.23. The van der Waals surface area contributed by atoms with Crippen LogP contribution in [0.5, 0.6) is 0 Å². The highest BCUT2D eigenvalue weighted by atomic mass is 35.5. The van der Waals surface area contributed by atoms with Gasteiger partial charge in [0.1, 0.15) is 6.54 Å². The van der Waals surface area contributed by atoms with Crippen molar-refractivity contribution in [3.63, 3.8) is 0 Å². The Labute approximate surface area is 134 Å². The van der Waals surface area contributed by atoms with Gasteiger partial charge in [0.25, 0.3) is 0 Å². The quantitative estimate of drug-likeness (QED) is 0.760. The fraction of sp³-hybridized carbons (Fsp3) is 0.400. The summed E-state index contributed by atoms with van der Waals surface area (Å²) in [5, 5.41) is 12.0. The molecule has 0 fully saturated rings. The number of halogens is 1. The van der Waals surface area contributed by atoms with E-state index in [-0.39, 0.29) is 19.0 Å². The number of nitrogens with zero attached hydrogens (tertiary/aromatic N) is 1. The average molecular weight is 327 g/mol. The summed E-state index contributed by atoms with van der Waals surface area (Å²) in [7, 11) is 0. The zero-order valence-corrected chi connectivity index (χ0v) is 13.1. The molecule has 0 unspecified atom stereocenters. The molecule has 0 saturated carbocycles. The summed E-state index contributed by atoms with van der Waals surface area (Å²) >= 11 is 5.79. The smallest absolute Gasteiger partial charge is 0.323 e. The zero-order valence-electron chi connectivity index (χ0n) is 12.3. The van der Waals surface area contributed by atoms with Crippen molar-refractivity contribution in [2.45, 2.75) is 26.3 Å². The molecule has 2 N–H and O–H groups in total. The van der Waals surface area contributed by atoms with Crippen LogP contribution < -0.4 is 5.32 Å². The number of amides is 2. The first-order chi connectivity index (χ1) is 10.4. The Morgan fingerprint density at radius 2 is 1.86 bits per heavy atom. The first-order valence-electron chi connectivity index (χ1n) is 6.93. The largest absolute Gasteiger partial charge is 0.480 e. The SMILES string of the molecule is CCCC(=O)NCC(=O)N(CC(=O)O)Cc1ccc(Cl)cc1. The lowest BCUT2D eigenvalue weighted by Crippen LogP contribution is -2.42. The Balaban J connectivity index is 2.66. The van der Waals surface area contributed by atoms with Crippen LogP contribution in [-0.4, -0.2) is 40.9 Å². The van der Waals surface area contributed by atoms with Gasteiger partial charge in [0.15, 0.2) is 0 Å². The third-order valence-corrected chi connectivity index (χ3v) is 3.13. The van der Waals surface area contributed by atoms with Crippen molar-refractivity contribution < 1.29 is 19.5 Å². The Hall–Kier alpha value is -2.08. The van der Waals surface area contributed by atoms with E-state index in [1.807, 2.05) is 6.92 Å². The topological polar surface area (TPSA) is 86.7 Å². The molecule has 0 atom stereocenters. The number of hydrogen-bond acceptors (Lipinski definition) is 3. The predicted octanol–water partition coefficient (Wildman–Crippen LogP) is 1.67. The summed E-state index contributed by atoms with van der Waals surface area (Å²) in [6.45, 7) is 1.37. The number of benzene rings is 1. The van der Waals surface area contributed by atoms with Gasteiger partial charge in [-0.1, -0.05) is 30.7 Å². The zero-order chi connectivity index (χ0) is 16.5. The van der Waals surface area contributed by atoms with Crippen molar-refractivity contribution in [2.75, 3.05) is 13.1 Å². The van der Waals surface area contributed by atoms with E-state index in [1.54, 1.807) is 24.3 Å². The first-order valence-corrected chi connectivity index (χ1v) is 7.31. The van der Waals surface area contributed by atoms with Gasteiger partial charge < -0.3 is 15.3 Å². The van der Waals surface area contributed by atoms with Gasteiger partial charge in [0, 0.05) is 18.0 Å². The van der Waals surface area contributed by atoms with Crippen molar-refractivity contribution in [1.29, 1.82) is 0 Å². The molecule has 1 aromatic carbocycles. The molecule has 7 heteroatoms. The molecule has 0 saturated heterocycles. The third kappa shape index (κ3) is 6.58. The summed E-state index contributed by atoms with van der Waals surface area (Å²) in [6.07, 6.45) is 1.02. The van der Waals surface area contributed by atoms with Gasteiger partial charge in [-0.15, -0.1) is 0 Å². The standard InChI is InChI=1S/C15H19ClN2O4/c1-2-3-13(19)17-8-14(20)18(10-15(21)22)9-11-4-6-12(16)7-5-11/h4-7H,2-3,8-10H2,1H3,(H,17,19)(H,21,22). The highest BCUT2D eigenvalue weighted by molar-refractivity contribution is 6.30. The summed E-state index contributed by atoms with van der Waals surface area (Å²) in [5.74, 6) is -1.78. The number of carbonyl (C=O) groups excluding carboxylic acids is 2. The van der Waals surface area contributed by atoms with E-state index < -0.39 is 18.4 Å². The summed E-state index contributed by atoms with van der Waals surface area (Å²) in [6, 6.07) is 6.78. The molecule has 0 heterocycles. The number of carboxylic acid groups (broad SMARTS) is 1. The molecule has 0 spiro atoms. The van der Waals surface area contributed by atoms with Crippen LogP contribution in [0.15, 0.2) is 24.3 Å². The molecule has 0 aliphatic heterocycles. The van der Waals surface area contributed by atoms with Crippen LogP contribution in [0.4, 0.5) is 0 Å². The molecule has 120 valence electrons. The van der Waals surface area contributed by atoms with Gasteiger partial charge in [-0.2, -0.15) is 0 Å². The second kappa shape index (κ2) is 9.04. The van der Waals surface area contributed by atoms with Gasteiger partial charge in [-0.25, -0.2) is 0 Å². The fourth-order valence-electron chi connectivity index (χ4n) is 1.81. The van der Waals surface area contributed by atoms with E-state index in [1.165, 1.54) is 4.90 Å². The molecule has 22 heavy (non-hydrogen) atoms. The van der Waals surface area contributed by atoms with Crippen molar-refractivity contribution in [3.05, 3.63) is 34.9 Å². The minimum Gasteiger partial charge on any atom is -0.480 e. The van der Waals surface area contributed by atoms with Crippen LogP contribution >= 0.6 is 11.6 Å². The van der Waals surface area contributed by atoms with Crippen molar-refractivity contribution in [3.8, 4) is 0 Å². The van der Waals surface area contributed by atoms with Gasteiger partial charge in [0.2, 0.25) is 11.8 Å². The van der Waals surface area contributed by atoms with Crippen molar-refractivity contribution in [1.82, 2.24) is 10.2 Å². The normalized spacial score (nSPS) is 10.1. The monoisotopic (exact) mass is 326 g/mol. The molecule has 2 amide bonds. The molecule has 0 radical (unpaired) electrons. The van der Waals surface area contributed by atoms with Crippen molar-refractivity contribution >= 4 is 29.4 Å². The lowest BCUT2D eigenvalue weighted by molar-refractivity contribution is -0.144. The number of nitrogens with one attached hydrogen (secondary N) is 1. The van der Waals surface area contributed by atoms with Crippen molar-refractivity contribution in [2.24, 2.45) is 0 Å². The molecule has 0 bridgehead atoms. The maximum atomic E-state index is 12.1. The van der Waals surface area contributed by atoms with Crippen LogP contribution in [0, 0.1) is 0 Å². The number of carbonyl (C=O) groups is 3. The van der Waals surface area contributed by atoms with Crippen LogP contribution in [0.1, 0.15) is 25.3 Å². The summed E-state index contributed by atoms with van der Waals surface area (Å²) in [5.41, 5.74) is 0.763. The number of carboxylic acids is 1. The van der Waals surface area contributed by atoms with Crippen LogP contribution in [0.3, 0.4) is 0 Å². The molecule has 0 aliphatic carbocycles. The molecular weight excluding hydrogens is 308 g/mol. The summed E-state index contributed by atoms with van der Waals surface area (Å²) < 4.78 is 0. The maximum absolute atomic E-state index is 12.1. The van der Waals surface area contributed by atoms with Gasteiger partial charge in [-0.05, 0) is 24.1 Å². The number of hydrogen-bond donors (Lipinski definition) is 2. The van der Waals surface area contributed by atoms with Crippen LogP contribution in [-0.2, 0) is 20.9 Å². The van der Waals surface area contributed by atoms with Gasteiger partial charge >= 0.3 is 5.97 Å². The fourth-order valence-corrected chi connectivity index (χ4v) is 1.93. The number of rotatable bonds is 8. The third-order valence-electron chi connectivity index (χ3n) is 2.88. The molecule has 6 nitrogen and oxygen atoms in total. The first kappa shape index (κ1) is 18.0. The molecule has 0 aliphatic rings. The van der Waals surface area contributed by atoms with E-state index in [4.69, 9.17) is 16.7 Å². The Morgan fingerprint density at radius 1 is 1.23 bits per heavy atom. The molecule has 1 rings (SSSR count). The molecule has 0 aromatic heterocycles. The predicted molar refractivity (Wildman–Crippen MR) is 82.4 cm³/mol. The van der Waals surface area contributed by atoms with E-state index in [9.17, 15) is 14.4 Å². The van der Waals surface area contributed by atoms with Crippen LogP contribution in [0.2, 0.25) is 5.02 Å². The van der Waals surface area contributed by atoms with E-state index in [0.29, 0.717) is 17.9 Å². The highest BCUT2D eigenvalue weighted by Crippen LogP contribution is 2.11. The Morgan fingerprint density at radius 3 is 2.41 bits per heavy atom. The van der Waals surface area contributed by atoms with E-state index in [0.717, 1.165) is 5.56 Å². The lowest BCUT2D eigenvalue weighted by atomic mass is 10.2. The Bertz CT molecular complexity index is 531. The summed E-state index contributed by atoms with van der Waals surface area (Å²) in [4.78, 5) is 35.5. The average Bonchev–Trinajstić information content (AvgIpc) is 2.46.